The lowest BCUT2D eigenvalue weighted by atomic mass is 10.1. The molecule has 0 unspecified atom stereocenters. The molecule has 0 radical (unpaired) electrons. The number of piperazine rings is 1. The fraction of sp³-hybridized carbons (Fsp3) is 0.474. The van der Waals surface area contributed by atoms with Gasteiger partial charge < -0.3 is 4.90 Å². The molecule has 1 aliphatic heterocycles. The number of nitrogens with zero attached hydrogens (tertiary/aromatic N) is 4. The first-order valence-electron chi connectivity index (χ1n) is 9.13. The van der Waals surface area contributed by atoms with E-state index in [-0.39, 0.29) is 0 Å². The SMILES string of the molecule is Cc1ccc(S(=O)(=O)N2CCN(c3cc4c(nn3)CCC4)CC2)cc1C. The Kier molecular flexibility index (Phi) is 4.44. The minimum absolute atomic E-state index is 0.381. The van der Waals surface area contributed by atoms with Gasteiger partial charge in [-0.25, -0.2) is 8.42 Å². The van der Waals surface area contributed by atoms with Gasteiger partial charge in [0.1, 0.15) is 0 Å². The third-order valence-corrected chi connectivity index (χ3v) is 7.38. The summed E-state index contributed by atoms with van der Waals surface area (Å²) in [6, 6.07) is 7.47. The molecule has 2 aromatic rings. The van der Waals surface area contributed by atoms with E-state index in [4.69, 9.17) is 0 Å². The fourth-order valence-corrected chi connectivity index (χ4v) is 5.16. The van der Waals surface area contributed by atoms with Crippen molar-refractivity contribution in [2.45, 2.75) is 38.0 Å². The summed E-state index contributed by atoms with van der Waals surface area (Å²) >= 11 is 0. The van der Waals surface area contributed by atoms with Crippen LogP contribution in [0.1, 0.15) is 28.8 Å². The minimum Gasteiger partial charge on any atom is -0.352 e. The minimum atomic E-state index is -3.45. The van der Waals surface area contributed by atoms with Crippen molar-refractivity contribution in [2.75, 3.05) is 31.1 Å². The van der Waals surface area contributed by atoms with Crippen LogP contribution in [0.5, 0.6) is 0 Å². The number of aromatic nitrogens is 2. The van der Waals surface area contributed by atoms with Gasteiger partial charge in [-0.05, 0) is 68.0 Å². The Morgan fingerprint density at radius 3 is 2.42 bits per heavy atom. The van der Waals surface area contributed by atoms with Gasteiger partial charge in [-0.3, -0.25) is 0 Å². The van der Waals surface area contributed by atoms with Gasteiger partial charge in [0, 0.05) is 26.2 Å². The van der Waals surface area contributed by atoms with Crippen LogP contribution < -0.4 is 4.90 Å². The first-order chi connectivity index (χ1) is 12.4. The van der Waals surface area contributed by atoms with E-state index in [1.165, 1.54) is 5.56 Å². The van der Waals surface area contributed by atoms with Gasteiger partial charge in [0.2, 0.25) is 10.0 Å². The summed E-state index contributed by atoms with van der Waals surface area (Å²) in [5.74, 6) is 0.869. The normalized spacial score (nSPS) is 18.2. The van der Waals surface area contributed by atoms with Gasteiger partial charge in [0.05, 0.1) is 10.6 Å². The van der Waals surface area contributed by atoms with Crippen LogP contribution in [0.15, 0.2) is 29.2 Å². The van der Waals surface area contributed by atoms with Gasteiger partial charge in [-0.1, -0.05) is 6.07 Å². The number of hydrogen-bond acceptors (Lipinski definition) is 5. The average Bonchev–Trinajstić information content (AvgIpc) is 3.11. The molecule has 6 nitrogen and oxygen atoms in total. The van der Waals surface area contributed by atoms with Crippen LogP contribution in [0.3, 0.4) is 0 Å². The second-order valence-electron chi connectivity index (χ2n) is 7.17. The summed E-state index contributed by atoms with van der Waals surface area (Å²) in [4.78, 5) is 2.52. The molecule has 26 heavy (non-hydrogen) atoms. The molecule has 2 aliphatic rings. The van der Waals surface area contributed by atoms with Crippen molar-refractivity contribution < 1.29 is 8.42 Å². The van der Waals surface area contributed by atoms with Crippen molar-refractivity contribution in [3.05, 3.63) is 46.6 Å². The van der Waals surface area contributed by atoms with Crippen LogP contribution in [-0.2, 0) is 22.9 Å². The second kappa shape index (κ2) is 6.63. The predicted molar refractivity (Wildman–Crippen MR) is 101 cm³/mol. The first-order valence-corrected chi connectivity index (χ1v) is 10.6. The average molecular weight is 372 g/mol. The molecule has 0 saturated carbocycles. The third kappa shape index (κ3) is 3.10. The number of hydrogen-bond donors (Lipinski definition) is 0. The number of rotatable bonds is 3. The number of sulfonamides is 1. The van der Waals surface area contributed by atoms with Crippen molar-refractivity contribution in [1.29, 1.82) is 0 Å². The molecule has 4 rings (SSSR count). The Morgan fingerprint density at radius 1 is 0.923 bits per heavy atom. The monoisotopic (exact) mass is 372 g/mol. The maximum atomic E-state index is 12.9. The molecule has 1 saturated heterocycles. The lowest BCUT2D eigenvalue weighted by Gasteiger charge is -2.34. The molecule has 0 amide bonds. The van der Waals surface area contributed by atoms with Crippen LogP contribution in [0, 0.1) is 13.8 Å². The molecule has 138 valence electrons. The summed E-state index contributed by atoms with van der Waals surface area (Å²) in [7, 11) is -3.45. The highest BCUT2D eigenvalue weighted by Gasteiger charge is 2.29. The highest BCUT2D eigenvalue weighted by atomic mass is 32.2. The molecule has 7 heteroatoms. The van der Waals surface area contributed by atoms with Crippen molar-refractivity contribution >= 4 is 15.8 Å². The quantitative estimate of drug-likeness (QED) is 0.825. The first kappa shape index (κ1) is 17.4. The van der Waals surface area contributed by atoms with E-state index in [1.54, 1.807) is 16.4 Å². The number of anilines is 1. The number of fused-ring (bicyclic) bond motifs is 1. The molecule has 0 spiro atoms. The third-order valence-electron chi connectivity index (χ3n) is 5.49. The molecule has 0 bridgehead atoms. The molecule has 0 N–H and O–H groups in total. The summed E-state index contributed by atoms with van der Waals surface area (Å²) in [5.41, 5.74) is 4.51. The Labute approximate surface area is 154 Å². The van der Waals surface area contributed by atoms with Crippen molar-refractivity contribution in [2.24, 2.45) is 0 Å². The second-order valence-corrected chi connectivity index (χ2v) is 9.10. The van der Waals surface area contributed by atoms with Gasteiger partial charge >= 0.3 is 0 Å². The molecular formula is C19H24N4O2S. The van der Waals surface area contributed by atoms with Crippen LogP contribution in [0.2, 0.25) is 0 Å². The maximum absolute atomic E-state index is 12.9. The van der Waals surface area contributed by atoms with Gasteiger partial charge in [-0.15, -0.1) is 5.10 Å². The van der Waals surface area contributed by atoms with E-state index in [1.807, 2.05) is 19.9 Å². The summed E-state index contributed by atoms with van der Waals surface area (Å²) < 4.78 is 27.4. The number of aryl methyl sites for hydroxylation is 4. The molecule has 2 heterocycles. The Balaban J connectivity index is 1.48. The number of benzene rings is 1. The lowest BCUT2D eigenvalue weighted by Crippen LogP contribution is -2.49. The summed E-state index contributed by atoms with van der Waals surface area (Å²) in [6.45, 7) is 6.14. The van der Waals surface area contributed by atoms with Crippen molar-refractivity contribution in [3.8, 4) is 0 Å². The molecule has 1 aromatic carbocycles. The van der Waals surface area contributed by atoms with Crippen LogP contribution in [0.25, 0.3) is 0 Å². The van der Waals surface area contributed by atoms with E-state index >= 15 is 0 Å². The van der Waals surface area contributed by atoms with Gasteiger partial charge in [-0.2, -0.15) is 9.40 Å². The Bertz CT molecular complexity index is 935. The molecule has 1 aliphatic carbocycles. The standard InChI is InChI=1S/C19H24N4O2S/c1-14-6-7-17(12-15(14)2)26(24,25)23-10-8-22(9-11-23)19-13-16-4-3-5-18(16)20-21-19/h6-7,12-13H,3-5,8-11H2,1-2H3. The van der Waals surface area contributed by atoms with E-state index in [2.05, 4.69) is 21.2 Å². The molecule has 0 atom stereocenters. The van der Waals surface area contributed by atoms with E-state index in [9.17, 15) is 8.42 Å². The van der Waals surface area contributed by atoms with Crippen molar-refractivity contribution in [3.63, 3.8) is 0 Å². The largest absolute Gasteiger partial charge is 0.352 e. The zero-order chi connectivity index (χ0) is 18.3. The lowest BCUT2D eigenvalue weighted by molar-refractivity contribution is 0.383. The maximum Gasteiger partial charge on any atom is 0.243 e. The molecular weight excluding hydrogens is 348 g/mol. The van der Waals surface area contributed by atoms with Gasteiger partial charge in [0.15, 0.2) is 5.82 Å². The zero-order valence-electron chi connectivity index (χ0n) is 15.3. The van der Waals surface area contributed by atoms with E-state index in [0.717, 1.165) is 41.9 Å². The summed E-state index contributed by atoms with van der Waals surface area (Å²) in [5, 5.41) is 8.69. The molecule has 1 fully saturated rings. The fourth-order valence-electron chi connectivity index (χ4n) is 3.65. The van der Waals surface area contributed by atoms with E-state index in [0.29, 0.717) is 31.1 Å². The van der Waals surface area contributed by atoms with Crippen molar-refractivity contribution in [1.82, 2.24) is 14.5 Å². The van der Waals surface area contributed by atoms with Crippen LogP contribution in [-0.4, -0.2) is 49.1 Å². The Morgan fingerprint density at radius 2 is 1.69 bits per heavy atom. The van der Waals surface area contributed by atoms with E-state index < -0.39 is 10.0 Å². The Hall–Kier alpha value is -1.99. The van der Waals surface area contributed by atoms with Gasteiger partial charge in [0.25, 0.3) is 0 Å². The highest BCUT2D eigenvalue weighted by Crippen LogP contribution is 2.25. The van der Waals surface area contributed by atoms with Crippen LogP contribution in [0.4, 0.5) is 5.82 Å². The summed E-state index contributed by atoms with van der Waals surface area (Å²) in [6.07, 6.45) is 3.24. The zero-order valence-corrected chi connectivity index (χ0v) is 16.1. The smallest absolute Gasteiger partial charge is 0.243 e. The topological polar surface area (TPSA) is 66.4 Å². The molecule has 1 aromatic heterocycles. The van der Waals surface area contributed by atoms with Crippen LogP contribution >= 0.6 is 0 Å². The highest BCUT2D eigenvalue weighted by molar-refractivity contribution is 7.89. The predicted octanol–water partition coefficient (Wildman–Crippen LogP) is 2.09.